The van der Waals surface area contributed by atoms with Gasteiger partial charge in [-0.1, -0.05) is 109 Å². The molecular formula is C43H51IrN3OSi-2. The molecule has 4 heterocycles. The van der Waals surface area contributed by atoms with Gasteiger partial charge in [0.25, 0.3) is 0 Å². The minimum Gasteiger partial charge on any atom is -0.486 e. The molecule has 0 saturated carbocycles. The number of benzene rings is 2. The second kappa shape index (κ2) is 15.6. The molecule has 4 nitrogen and oxygen atoms in total. The standard InChI is InChI=1S/C22H32NSi.C21H19N2O.Ir/c1-16(2)12-18-14-20(23-15-21(18)24(6,7)8)17-10-9-11-19(13-17)22(3,4)5;1-13(2)14(3)15-9-11-22-19(12-15)18-7-4-6-16-17-8-5-10-23-21(17)24-20(16)18;/h9,11,13-16H,12H2,1-8H3;4-6,8-14H,1-3H3;/q2*-1;. The van der Waals surface area contributed by atoms with Crippen LogP contribution in [-0.4, -0.2) is 23.0 Å². The van der Waals surface area contributed by atoms with E-state index in [-0.39, 0.29) is 25.5 Å². The summed E-state index contributed by atoms with van der Waals surface area (Å²) in [7, 11) is -1.38. The maximum absolute atomic E-state index is 6.00. The Morgan fingerprint density at radius 1 is 0.796 bits per heavy atom. The molecule has 6 heteroatoms. The first kappa shape index (κ1) is 38.4. The third-order valence-corrected chi connectivity index (χ3v) is 11.2. The number of hydrogen-bond acceptors (Lipinski definition) is 4. The zero-order valence-corrected chi connectivity index (χ0v) is 34.4. The molecule has 4 aromatic heterocycles. The number of fused-ring (bicyclic) bond motifs is 3. The third-order valence-electron chi connectivity index (χ3n) is 9.14. The second-order valence-corrected chi connectivity index (χ2v) is 20.9. The quantitative estimate of drug-likeness (QED) is 0.119. The molecule has 0 aliphatic carbocycles. The van der Waals surface area contributed by atoms with E-state index in [2.05, 4.69) is 134 Å². The molecule has 0 fully saturated rings. The summed E-state index contributed by atoms with van der Waals surface area (Å²) in [5.74, 6) is 1.71. The Morgan fingerprint density at radius 3 is 2.20 bits per heavy atom. The van der Waals surface area contributed by atoms with E-state index in [9.17, 15) is 0 Å². The van der Waals surface area contributed by atoms with Gasteiger partial charge in [-0.05, 0) is 64.4 Å². The van der Waals surface area contributed by atoms with Gasteiger partial charge in [-0.15, -0.1) is 53.6 Å². The third kappa shape index (κ3) is 9.03. The number of pyridine rings is 3. The van der Waals surface area contributed by atoms with Crippen LogP contribution < -0.4 is 5.19 Å². The first-order chi connectivity index (χ1) is 22.6. The Labute approximate surface area is 308 Å². The van der Waals surface area contributed by atoms with Gasteiger partial charge in [0.15, 0.2) is 0 Å². The Morgan fingerprint density at radius 2 is 1.53 bits per heavy atom. The normalized spacial score (nSPS) is 12.6. The van der Waals surface area contributed by atoms with Crippen molar-refractivity contribution in [2.75, 3.05) is 0 Å². The summed E-state index contributed by atoms with van der Waals surface area (Å²) >= 11 is 0. The van der Waals surface area contributed by atoms with Gasteiger partial charge < -0.3 is 14.4 Å². The van der Waals surface area contributed by atoms with E-state index in [0.717, 1.165) is 45.3 Å². The van der Waals surface area contributed by atoms with E-state index in [0.29, 0.717) is 23.5 Å². The van der Waals surface area contributed by atoms with E-state index >= 15 is 0 Å². The summed E-state index contributed by atoms with van der Waals surface area (Å²) in [6.45, 7) is 25.3. The van der Waals surface area contributed by atoms with Gasteiger partial charge in [0.1, 0.15) is 0 Å². The van der Waals surface area contributed by atoms with Crippen molar-refractivity contribution >= 4 is 35.3 Å². The van der Waals surface area contributed by atoms with Crippen molar-refractivity contribution < 1.29 is 24.5 Å². The predicted molar refractivity (Wildman–Crippen MR) is 206 cm³/mol. The van der Waals surface area contributed by atoms with Crippen molar-refractivity contribution in [2.45, 2.75) is 92.8 Å². The molecule has 0 N–H and O–H groups in total. The average Bonchev–Trinajstić information content (AvgIpc) is 3.42. The number of aromatic nitrogens is 3. The molecule has 1 unspecified atom stereocenters. The number of hydrogen-bond donors (Lipinski definition) is 0. The smallest absolute Gasteiger partial charge is 0.216 e. The van der Waals surface area contributed by atoms with Crippen molar-refractivity contribution in [3.05, 3.63) is 108 Å². The molecule has 0 saturated heterocycles. The second-order valence-electron chi connectivity index (χ2n) is 15.9. The van der Waals surface area contributed by atoms with Crippen LogP contribution >= 0.6 is 0 Å². The molecule has 0 bridgehead atoms. The van der Waals surface area contributed by atoms with Crippen LogP contribution in [0.15, 0.2) is 83.7 Å². The van der Waals surface area contributed by atoms with Crippen LogP contribution in [0.1, 0.15) is 78.0 Å². The minimum absolute atomic E-state index is 0. The Bertz CT molecular complexity index is 2020. The van der Waals surface area contributed by atoms with Gasteiger partial charge in [-0.3, -0.25) is 0 Å². The molecule has 2 aromatic carbocycles. The molecule has 6 rings (SSSR count). The zero-order valence-electron chi connectivity index (χ0n) is 31.0. The summed E-state index contributed by atoms with van der Waals surface area (Å²) in [5.41, 5.74) is 9.63. The molecule has 0 aliphatic heterocycles. The van der Waals surface area contributed by atoms with Crippen molar-refractivity contribution in [3.8, 4) is 22.5 Å². The topological polar surface area (TPSA) is 51.8 Å². The average molecular weight is 846 g/mol. The van der Waals surface area contributed by atoms with Crippen molar-refractivity contribution in [2.24, 2.45) is 11.8 Å². The van der Waals surface area contributed by atoms with Gasteiger partial charge in [-0.2, -0.15) is 0 Å². The fourth-order valence-corrected chi connectivity index (χ4v) is 7.62. The van der Waals surface area contributed by atoms with Crippen LogP contribution in [0.3, 0.4) is 0 Å². The molecule has 0 amide bonds. The number of furan rings is 1. The van der Waals surface area contributed by atoms with E-state index < -0.39 is 8.07 Å². The predicted octanol–water partition coefficient (Wildman–Crippen LogP) is 11.2. The van der Waals surface area contributed by atoms with Crippen molar-refractivity contribution in [1.82, 2.24) is 15.0 Å². The van der Waals surface area contributed by atoms with Crippen LogP contribution in [0.4, 0.5) is 0 Å². The molecular weight excluding hydrogens is 795 g/mol. The Kier molecular flexibility index (Phi) is 12.2. The van der Waals surface area contributed by atoms with E-state index in [1.54, 1.807) is 6.20 Å². The van der Waals surface area contributed by atoms with Gasteiger partial charge in [0.2, 0.25) is 5.71 Å². The summed E-state index contributed by atoms with van der Waals surface area (Å²) in [4.78, 5) is 13.7. The Balaban J connectivity index is 0.000000216. The first-order valence-corrected chi connectivity index (χ1v) is 20.8. The molecule has 0 aliphatic rings. The molecule has 6 aromatic rings. The number of nitrogens with zero attached hydrogens (tertiary/aromatic N) is 3. The van der Waals surface area contributed by atoms with Crippen LogP contribution in [-0.2, 0) is 31.9 Å². The monoisotopic (exact) mass is 846 g/mol. The van der Waals surface area contributed by atoms with Crippen LogP contribution in [0, 0.1) is 24.0 Å². The summed E-state index contributed by atoms with van der Waals surface area (Å²) in [5, 5.41) is 3.57. The number of rotatable bonds is 7. The van der Waals surface area contributed by atoms with E-state index in [4.69, 9.17) is 9.40 Å². The van der Waals surface area contributed by atoms with Crippen LogP contribution in [0.2, 0.25) is 19.6 Å². The molecule has 0 spiro atoms. The first-order valence-electron chi connectivity index (χ1n) is 17.3. The SMILES string of the molecule is CC(C)C(C)c1ccnc(-c2[c-]ccc3c2oc2ncccc23)c1.CC(C)Cc1cc(-c2[c-]ccc(C(C)(C)C)c2)ncc1[Si](C)(C)C.[Ir]. The van der Waals surface area contributed by atoms with Gasteiger partial charge >= 0.3 is 0 Å². The van der Waals surface area contributed by atoms with Gasteiger partial charge in [0, 0.05) is 44.1 Å². The van der Waals surface area contributed by atoms with E-state index in [1.807, 2.05) is 36.5 Å². The van der Waals surface area contributed by atoms with Crippen LogP contribution in [0.5, 0.6) is 0 Å². The minimum atomic E-state index is -1.38. The van der Waals surface area contributed by atoms with E-state index in [1.165, 1.54) is 21.9 Å². The maximum Gasteiger partial charge on any atom is 0.216 e. The van der Waals surface area contributed by atoms with Crippen LogP contribution in [0.25, 0.3) is 44.6 Å². The largest absolute Gasteiger partial charge is 0.486 e. The maximum atomic E-state index is 6.00. The fraction of sp³-hybridized carbons (Fsp3) is 0.372. The zero-order chi connectivity index (χ0) is 34.8. The summed E-state index contributed by atoms with van der Waals surface area (Å²) in [6.07, 6.45) is 6.87. The van der Waals surface area contributed by atoms with Gasteiger partial charge in [-0.25, -0.2) is 4.98 Å². The molecule has 259 valence electrons. The summed E-state index contributed by atoms with van der Waals surface area (Å²) in [6, 6.07) is 27.6. The Hall–Kier alpha value is -3.44. The fourth-order valence-electron chi connectivity index (χ4n) is 6.03. The molecule has 1 radical (unpaired) electrons. The summed E-state index contributed by atoms with van der Waals surface area (Å²) < 4.78 is 6.00. The van der Waals surface area contributed by atoms with Gasteiger partial charge in [0.05, 0.1) is 13.7 Å². The molecule has 49 heavy (non-hydrogen) atoms. The van der Waals surface area contributed by atoms with Crippen molar-refractivity contribution in [1.29, 1.82) is 0 Å². The van der Waals surface area contributed by atoms with Crippen molar-refractivity contribution in [3.63, 3.8) is 0 Å². The molecule has 1 atom stereocenters.